The van der Waals surface area contributed by atoms with E-state index in [9.17, 15) is 15.0 Å². The van der Waals surface area contributed by atoms with Crippen LogP contribution in [0.15, 0.2) is 18.2 Å². The van der Waals surface area contributed by atoms with E-state index in [1.54, 1.807) is 12.1 Å². The molecule has 0 saturated carbocycles. The van der Waals surface area contributed by atoms with E-state index in [4.69, 9.17) is 4.74 Å². The molecular formula is C17H26N2O4. The van der Waals surface area contributed by atoms with Crippen LogP contribution in [0.1, 0.15) is 18.4 Å². The summed E-state index contributed by atoms with van der Waals surface area (Å²) in [6.45, 7) is 1.97. The smallest absolute Gasteiger partial charge is 0.307 e. The number of hydrogen-bond acceptors (Lipinski definition) is 5. The first kappa shape index (κ1) is 17.6. The number of hydrogen-bond donors (Lipinski definition) is 2. The van der Waals surface area contributed by atoms with Gasteiger partial charge in [-0.3, -0.25) is 9.69 Å². The van der Waals surface area contributed by atoms with E-state index in [1.165, 1.54) is 7.11 Å². The molecule has 1 fully saturated rings. The lowest BCUT2D eigenvalue weighted by atomic mass is 10.0. The zero-order chi connectivity index (χ0) is 17.0. The number of aliphatic carboxylic acids is 1. The average Bonchev–Trinajstić information content (AvgIpc) is 2.70. The minimum atomic E-state index is -0.730. The van der Waals surface area contributed by atoms with Crippen LogP contribution in [-0.2, 0) is 11.3 Å². The maximum atomic E-state index is 11.4. The second-order valence-corrected chi connectivity index (χ2v) is 6.43. The second kappa shape index (κ2) is 7.66. The van der Waals surface area contributed by atoms with E-state index in [2.05, 4.69) is 9.80 Å². The fraction of sp³-hybridized carbons (Fsp3) is 0.588. The van der Waals surface area contributed by atoms with Gasteiger partial charge < -0.3 is 19.8 Å². The van der Waals surface area contributed by atoms with Crippen LogP contribution in [-0.4, -0.2) is 66.3 Å². The molecule has 1 heterocycles. The van der Waals surface area contributed by atoms with Crippen LogP contribution in [0.25, 0.3) is 0 Å². The molecule has 0 spiro atoms. The van der Waals surface area contributed by atoms with Crippen LogP contribution in [0.4, 0.5) is 0 Å². The van der Waals surface area contributed by atoms with Crippen molar-refractivity contribution in [3.8, 4) is 11.5 Å². The number of methoxy groups -OCH3 is 1. The average molecular weight is 322 g/mol. The van der Waals surface area contributed by atoms with Crippen molar-refractivity contribution in [3.05, 3.63) is 23.8 Å². The molecule has 0 aliphatic carbocycles. The molecule has 2 atom stereocenters. The van der Waals surface area contributed by atoms with Crippen LogP contribution < -0.4 is 4.74 Å². The van der Waals surface area contributed by atoms with Crippen molar-refractivity contribution in [2.45, 2.75) is 25.4 Å². The summed E-state index contributed by atoms with van der Waals surface area (Å²) in [5, 5.41) is 19.3. The first-order chi connectivity index (χ1) is 10.9. The lowest BCUT2D eigenvalue weighted by Crippen LogP contribution is -2.39. The number of likely N-dealkylation sites (tertiary alicyclic amines) is 1. The highest BCUT2D eigenvalue weighted by atomic mass is 16.5. The van der Waals surface area contributed by atoms with E-state index in [1.807, 2.05) is 20.2 Å². The van der Waals surface area contributed by atoms with Gasteiger partial charge in [0.05, 0.1) is 13.0 Å². The van der Waals surface area contributed by atoms with Crippen molar-refractivity contribution in [1.29, 1.82) is 0 Å². The van der Waals surface area contributed by atoms with Gasteiger partial charge >= 0.3 is 5.97 Å². The van der Waals surface area contributed by atoms with Crippen LogP contribution in [0, 0.1) is 5.92 Å². The van der Waals surface area contributed by atoms with Gasteiger partial charge in [0.25, 0.3) is 0 Å². The zero-order valence-electron chi connectivity index (χ0n) is 14.0. The number of benzene rings is 1. The first-order valence-electron chi connectivity index (χ1n) is 7.88. The summed E-state index contributed by atoms with van der Waals surface area (Å²) >= 11 is 0. The highest BCUT2D eigenvalue weighted by molar-refractivity contribution is 5.70. The molecule has 6 heteroatoms. The molecule has 128 valence electrons. The maximum absolute atomic E-state index is 11.4. The molecule has 1 aliphatic rings. The SMILES string of the molecule is COc1ccc(CN2C[C@@H](C(=O)O)CC[C@@H](N(C)C)C2)cc1O. The Bertz CT molecular complexity index is 547. The van der Waals surface area contributed by atoms with E-state index in [-0.39, 0.29) is 11.7 Å². The van der Waals surface area contributed by atoms with Crippen LogP contribution in [0.2, 0.25) is 0 Å². The first-order valence-corrected chi connectivity index (χ1v) is 7.88. The Kier molecular flexibility index (Phi) is 5.85. The Morgan fingerprint density at radius 2 is 2.09 bits per heavy atom. The highest BCUT2D eigenvalue weighted by Gasteiger charge is 2.29. The predicted molar refractivity (Wildman–Crippen MR) is 87.8 cm³/mol. The summed E-state index contributed by atoms with van der Waals surface area (Å²) in [5.74, 6) is -0.517. The monoisotopic (exact) mass is 322 g/mol. The number of ether oxygens (including phenoxy) is 1. The molecule has 2 rings (SSSR count). The summed E-state index contributed by atoms with van der Waals surface area (Å²) in [6, 6.07) is 5.67. The number of nitrogens with zero attached hydrogens (tertiary/aromatic N) is 2. The number of phenolic OH excluding ortho intramolecular Hbond substituents is 1. The molecule has 1 aliphatic heterocycles. The molecule has 1 aromatic rings. The van der Waals surface area contributed by atoms with Gasteiger partial charge in [0, 0.05) is 25.7 Å². The van der Waals surface area contributed by atoms with Gasteiger partial charge in [0.1, 0.15) is 0 Å². The zero-order valence-corrected chi connectivity index (χ0v) is 14.0. The number of carboxylic acids is 1. The molecule has 2 N–H and O–H groups in total. The summed E-state index contributed by atoms with van der Waals surface area (Å²) < 4.78 is 5.06. The fourth-order valence-electron chi connectivity index (χ4n) is 3.10. The Hall–Kier alpha value is -1.79. The van der Waals surface area contributed by atoms with Crippen LogP contribution in [0.3, 0.4) is 0 Å². The van der Waals surface area contributed by atoms with Gasteiger partial charge in [0.2, 0.25) is 0 Å². The molecule has 6 nitrogen and oxygen atoms in total. The fourth-order valence-corrected chi connectivity index (χ4v) is 3.10. The summed E-state index contributed by atoms with van der Waals surface area (Å²) in [5.41, 5.74) is 0.951. The summed E-state index contributed by atoms with van der Waals surface area (Å²) in [4.78, 5) is 15.7. The lowest BCUT2D eigenvalue weighted by Gasteiger charge is -2.28. The molecule has 1 aromatic carbocycles. The number of aromatic hydroxyl groups is 1. The van der Waals surface area contributed by atoms with Crippen LogP contribution in [0.5, 0.6) is 11.5 Å². The minimum absolute atomic E-state index is 0.110. The maximum Gasteiger partial charge on any atom is 0.307 e. The topological polar surface area (TPSA) is 73.2 Å². The largest absolute Gasteiger partial charge is 0.504 e. The Morgan fingerprint density at radius 1 is 1.35 bits per heavy atom. The van der Waals surface area contributed by atoms with Crippen LogP contribution >= 0.6 is 0 Å². The van der Waals surface area contributed by atoms with Gasteiger partial charge in [0.15, 0.2) is 11.5 Å². The molecule has 0 amide bonds. The highest BCUT2D eigenvalue weighted by Crippen LogP contribution is 2.28. The van der Waals surface area contributed by atoms with E-state index >= 15 is 0 Å². The summed E-state index contributed by atoms with van der Waals surface area (Å²) in [6.07, 6.45) is 1.58. The molecule has 0 aromatic heterocycles. The lowest BCUT2D eigenvalue weighted by molar-refractivity contribution is -0.142. The Morgan fingerprint density at radius 3 is 2.65 bits per heavy atom. The Labute approximate surface area is 137 Å². The van der Waals surface area contributed by atoms with Crippen molar-refractivity contribution in [2.24, 2.45) is 5.92 Å². The molecular weight excluding hydrogens is 296 g/mol. The van der Waals surface area contributed by atoms with Gasteiger partial charge in [-0.05, 0) is 44.6 Å². The second-order valence-electron chi connectivity index (χ2n) is 6.43. The Balaban J connectivity index is 2.13. The van der Waals surface area contributed by atoms with E-state index in [0.29, 0.717) is 31.3 Å². The van der Waals surface area contributed by atoms with E-state index < -0.39 is 5.97 Å². The predicted octanol–water partition coefficient (Wildman–Crippen LogP) is 1.63. The molecule has 0 radical (unpaired) electrons. The summed E-state index contributed by atoms with van der Waals surface area (Å²) in [7, 11) is 5.58. The number of carboxylic acid groups (broad SMARTS) is 1. The van der Waals surface area contributed by atoms with Gasteiger partial charge in [-0.2, -0.15) is 0 Å². The normalized spacial score (nSPS) is 22.8. The minimum Gasteiger partial charge on any atom is -0.504 e. The number of carbonyl (C=O) groups is 1. The van der Waals surface area contributed by atoms with Crippen molar-refractivity contribution < 1.29 is 19.7 Å². The standard InChI is InChI=1S/C17H26N2O4/c1-18(2)14-6-5-13(17(21)22)10-19(11-14)9-12-4-7-16(23-3)15(20)8-12/h4,7-8,13-14,20H,5-6,9-11H2,1-3H3,(H,21,22)/t13-,14+/m0/s1. The van der Waals surface area contributed by atoms with Crippen molar-refractivity contribution in [3.63, 3.8) is 0 Å². The third kappa shape index (κ3) is 4.59. The van der Waals surface area contributed by atoms with Crippen molar-refractivity contribution in [2.75, 3.05) is 34.3 Å². The number of rotatable bonds is 5. The number of likely N-dealkylation sites (N-methyl/N-ethyl adjacent to an activating group) is 1. The quantitative estimate of drug-likeness (QED) is 0.858. The third-order valence-corrected chi connectivity index (χ3v) is 4.52. The van der Waals surface area contributed by atoms with Crippen molar-refractivity contribution >= 4 is 5.97 Å². The van der Waals surface area contributed by atoms with Gasteiger partial charge in [-0.25, -0.2) is 0 Å². The molecule has 1 saturated heterocycles. The molecule has 0 unspecified atom stereocenters. The molecule has 23 heavy (non-hydrogen) atoms. The molecule has 0 bridgehead atoms. The van der Waals surface area contributed by atoms with Crippen molar-refractivity contribution in [1.82, 2.24) is 9.80 Å². The van der Waals surface area contributed by atoms with Gasteiger partial charge in [-0.1, -0.05) is 6.07 Å². The van der Waals surface area contributed by atoms with Gasteiger partial charge in [-0.15, -0.1) is 0 Å². The van der Waals surface area contributed by atoms with E-state index in [0.717, 1.165) is 18.5 Å². The third-order valence-electron chi connectivity index (χ3n) is 4.52. The number of phenols is 1.